The first-order chi connectivity index (χ1) is 13.3. The topological polar surface area (TPSA) is 110 Å². The van der Waals surface area contributed by atoms with Crippen molar-refractivity contribution < 1.29 is 24.4 Å². The lowest BCUT2D eigenvalue weighted by Gasteiger charge is -2.12. The van der Waals surface area contributed by atoms with Crippen molar-refractivity contribution in [2.24, 2.45) is 0 Å². The molecule has 1 N–H and O–H groups in total. The summed E-state index contributed by atoms with van der Waals surface area (Å²) in [4.78, 5) is 36.4. The Bertz CT molecular complexity index is 1010. The number of nitro benzene ring substituents is 1. The number of benzene rings is 2. The molecule has 2 amide bonds. The van der Waals surface area contributed by atoms with Gasteiger partial charge in [0.15, 0.2) is 11.5 Å². The molecule has 1 aliphatic rings. The number of hydrogen-bond donors (Lipinski definition) is 1. The number of aromatic hydroxyl groups is 1. The van der Waals surface area contributed by atoms with Gasteiger partial charge in [-0.15, -0.1) is 0 Å². The lowest BCUT2D eigenvalue weighted by molar-refractivity contribution is -0.384. The quantitative estimate of drug-likeness (QED) is 0.398. The summed E-state index contributed by atoms with van der Waals surface area (Å²) in [6.45, 7) is 0.0165. The molecule has 1 saturated heterocycles. The van der Waals surface area contributed by atoms with Gasteiger partial charge in [-0.05, 0) is 57.0 Å². The van der Waals surface area contributed by atoms with E-state index in [9.17, 15) is 24.8 Å². The van der Waals surface area contributed by atoms with Crippen molar-refractivity contribution in [1.82, 2.24) is 4.90 Å². The van der Waals surface area contributed by atoms with Crippen LogP contribution in [0.3, 0.4) is 0 Å². The highest BCUT2D eigenvalue weighted by molar-refractivity contribution is 9.10. The third-order valence-corrected chi connectivity index (χ3v) is 5.44. The van der Waals surface area contributed by atoms with Crippen LogP contribution in [0.1, 0.15) is 11.1 Å². The number of halogens is 1. The highest BCUT2D eigenvalue weighted by Gasteiger charge is 2.35. The fourth-order valence-electron chi connectivity index (χ4n) is 2.53. The summed E-state index contributed by atoms with van der Waals surface area (Å²) in [5.74, 6) is -0.298. The summed E-state index contributed by atoms with van der Waals surface area (Å²) >= 11 is 4.01. The molecule has 1 fully saturated rings. The van der Waals surface area contributed by atoms with Crippen molar-refractivity contribution in [2.45, 2.75) is 6.54 Å². The molecule has 0 atom stereocenters. The van der Waals surface area contributed by atoms with E-state index >= 15 is 0 Å². The number of rotatable bonds is 5. The Morgan fingerprint density at radius 2 is 1.96 bits per heavy atom. The van der Waals surface area contributed by atoms with Crippen LogP contribution < -0.4 is 4.74 Å². The molecule has 0 saturated carbocycles. The Kier molecular flexibility index (Phi) is 5.71. The molecule has 1 heterocycles. The summed E-state index contributed by atoms with van der Waals surface area (Å²) in [7, 11) is 1.41. The number of nitro groups is 1. The third-order valence-electron chi connectivity index (χ3n) is 3.93. The molecule has 2 aromatic rings. The van der Waals surface area contributed by atoms with E-state index in [0.717, 1.165) is 16.7 Å². The van der Waals surface area contributed by atoms with Crippen LogP contribution in [0, 0.1) is 10.1 Å². The number of non-ortho nitro benzene ring substituents is 1. The zero-order valence-corrected chi connectivity index (χ0v) is 16.8. The second-order valence-electron chi connectivity index (χ2n) is 5.75. The third kappa shape index (κ3) is 4.02. The fourth-order valence-corrected chi connectivity index (χ4v) is 3.82. The minimum absolute atomic E-state index is 0.0165. The van der Waals surface area contributed by atoms with Crippen molar-refractivity contribution in [1.29, 1.82) is 0 Å². The first-order valence-corrected chi connectivity index (χ1v) is 9.46. The lowest BCUT2D eigenvalue weighted by Crippen LogP contribution is -2.27. The van der Waals surface area contributed by atoms with Crippen molar-refractivity contribution in [3.63, 3.8) is 0 Å². The average molecular weight is 465 g/mol. The molecular formula is C18H13BrN2O6S. The van der Waals surface area contributed by atoms with Gasteiger partial charge >= 0.3 is 0 Å². The molecule has 28 heavy (non-hydrogen) atoms. The number of carbonyl (C=O) groups excluding carboxylic acids is 2. The van der Waals surface area contributed by atoms with Gasteiger partial charge in [-0.2, -0.15) is 0 Å². The predicted molar refractivity (Wildman–Crippen MR) is 107 cm³/mol. The number of phenols is 1. The first kappa shape index (κ1) is 19.9. The molecule has 10 heteroatoms. The highest BCUT2D eigenvalue weighted by Crippen LogP contribution is 2.38. The molecule has 0 aliphatic carbocycles. The molecular weight excluding hydrogens is 452 g/mol. The monoisotopic (exact) mass is 464 g/mol. The van der Waals surface area contributed by atoms with Crippen LogP contribution in [0.4, 0.5) is 10.5 Å². The predicted octanol–water partition coefficient (Wildman–Crippen LogP) is 4.31. The Labute approximate surface area is 172 Å². The van der Waals surface area contributed by atoms with E-state index < -0.39 is 16.1 Å². The van der Waals surface area contributed by atoms with Crippen LogP contribution in [0.5, 0.6) is 11.5 Å². The van der Waals surface area contributed by atoms with Crippen molar-refractivity contribution in [2.75, 3.05) is 7.11 Å². The van der Waals surface area contributed by atoms with E-state index in [1.807, 2.05) is 0 Å². The molecule has 0 radical (unpaired) electrons. The molecule has 144 valence electrons. The van der Waals surface area contributed by atoms with Crippen LogP contribution in [0.25, 0.3) is 6.08 Å². The maximum Gasteiger partial charge on any atom is 0.293 e. The van der Waals surface area contributed by atoms with Gasteiger partial charge in [0.25, 0.3) is 16.8 Å². The van der Waals surface area contributed by atoms with E-state index in [1.54, 1.807) is 12.1 Å². The van der Waals surface area contributed by atoms with E-state index in [4.69, 9.17) is 4.74 Å². The molecule has 1 aliphatic heterocycles. The zero-order chi connectivity index (χ0) is 20.4. The number of hydrogen-bond acceptors (Lipinski definition) is 7. The molecule has 0 aromatic heterocycles. The number of methoxy groups -OCH3 is 1. The highest BCUT2D eigenvalue weighted by atomic mass is 79.9. The van der Waals surface area contributed by atoms with Crippen LogP contribution in [-0.4, -0.2) is 33.2 Å². The molecule has 3 rings (SSSR count). The largest absolute Gasteiger partial charge is 0.503 e. The summed E-state index contributed by atoms with van der Waals surface area (Å²) < 4.78 is 5.47. The zero-order valence-electron chi connectivity index (χ0n) is 14.4. The number of phenolic OH excluding ortho intramolecular Hbond substituents is 1. The summed E-state index contributed by atoms with van der Waals surface area (Å²) in [6.07, 6.45) is 1.54. The minimum atomic E-state index is -0.517. The van der Waals surface area contributed by atoms with Gasteiger partial charge in [0.2, 0.25) is 0 Å². The number of imide groups is 1. The van der Waals surface area contributed by atoms with Gasteiger partial charge in [0.1, 0.15) is 0 Å². The summed E-state index contributed by atoms with van der Waals surface area (Å²) in [5.41, 5.74) is 1.11. The molecule has 8 nitrogen and oxygen atoms in total. The molecule has 2 aromatic carbocycles. The normalized spacial score (nSPS) is 15.4. The van der Waals surface area contributed by atoms with Crippen molar-refractivity contribution >= 4 is 50.6 Å². The maximum absolute atomic E-state index is 12.6. The SMILES string of the molecule is COc1cc(/C=C2\SC(=O)N(Cc3ccc([N+](=O)[O-])cc3)C2=O)cc(Br)c1O. The second-order valence-corrected chi connectivity index (χ2v) is 7.59. The van der Waals surface area contributed by atoms with Crippen LogP contribution in [0.15, 0.2) is 45.8 Å². The lowest BCUT2D eigenvalue weighted by atomic mass is 10.1. The Balaban J connectivity index is 1.82. The molecule has 0 unspecified atom stereocenters. The van der Waals surface area contributed by atoms with Gasteiger partial charge < -0.3 is 9.84 Å². The second kappa shape index (κ2) is 8.03. The van der Waals surface area contributed by atoms with Gasteiger partial charge in [-0.25, -0.2) is 0 Å². The van der Waals surface area contributed by atoms with Gasteiger partial charge in [-0.1, -0.05) is 12.1 Å². The number of ether oxygens (including phenoxy) is 1. The van der Waals surface area contributed by atoms with Gasteiger partial charge in [0, 0.05) is 12.1 Å². The van der Waals surface area contributed by atoms with E-state index in [1.165, 1.54) is 37.5 Å². The average Bonchev–Trinajstić information content (AvgIpc) is 2.92. The van der Waals surface area contributed by atoms with Crippen LogP contribution >= 0.6 is 27.7 Å². The Morgan fingerprint density at radius 1 is 1.29 bits per heavy atom. The summed E-state index contributed by atoms with van der Waals surface area (Å²) in [6, 6.07) is 8.81. The van der Waals surface area contributed by atoms with Crippen LogP contribution in [-0.2, 0) is 11.3 Å². The van der Waals surface area contributed by atoms with E-state index in [-0.39, 0.29) is 28.6 Å². The Hall–Kier alpha value is -2.85. The van der Waals surface area contributed by atoms with Gasteiger partial charge in [-0.3, -0.25) is 24.6 Å². The smallest absolute Gasteiger partial charge is 0.293 e. The number of thioether (sulfide) groups is 1. The van der Waals surface area contributed by atoms with E-state index in [0.29, 0.717) is 15.6 Å². The number of carbonyl (C=O) groups is 2. The first-order valence-electron chi connectivity index (χ1n) is 7.85. The Morgan fingerprint density at radius 3 is 2.57 bits per heavy atom. The van der Waals surface area contributed by atoms with Crippen molar-refractivity contribution in [3.05, 3.63) is 67.0 Å². The standard InChI is InChI=1S/C18H13BrN2O6S/c1-27-14-7-11(6-13(19)16(14)22)8-15-17(23)20(18(24)28-15)9-10-2-4-12(5-3-10)21(25)26/h2-8,22H,9H2,1H3/b15-8-. The minimum Gasteiger partial charge on any atom is -0.503 e. The van der Waals surface area contributed by atoms with Gasteiger partial charge in [0.05, 0.1) is 28.0 Å². The van der Waals surface area contributed by atoms with E-state index in [2.05, 4.69) is 15.9 Å². The molecule has 0 bridgehead atoms. The fraction of sp³-hybridized carbons (Fsp3) is 0.111. The summed E-state index contributed by atoms with van der Waals surface area (Å²) in [5, 5.41) is 20.2. The van der Waals surface area contributed by atoms with Crippen LogP contribution in [0.2, 0.25) is 0 Å². The van der Waals surface area contributed by atoms with Crippen molar-refractivity contribution in [3.8, 4) is 11.5 Å². The number of nitrogens with zero attached hydrogens (tertiary/aromatic N) is 2. The molecule has 0 spiro atoms. The maximum atomic E-state index is 12.6. The number of amides is 2.